The van der Waals surface area contributed by atoms with Crippen molar-refractivity contribution in [3.63, 3.8) is 0 Å². The van der Waals surface area contributed by atoms with Gasteiger partial charge in [-0.1, -0.05) is 23.7 Å². The van der Waals surface area contributed by atoms with E-state index in [1.807, 2.05) is 12.1 Å². The number of hydrogen-bond acceptors (Lipinski definition) is 4. The van der Waals surface area contributed by atoms with Crippen molar-refractivity contribution in [1.29, 1.82) is 0 Å². The summed E-state index contributed by atoms with van der Waals surface area (Å²) in [6.45, 7) is 2.10. The molecule has 0 heterocycles. The van der Waals surface area contributed by atoms with Gasteiger partial charge in [0, 0.05) is 10.7 Å². The Hall–Kier alpha value is -3.71. The third-order valence-electron chi connectivity index (χ3n) is 4.22. The number of amides is 2. The zero-order valence-corrected chi connectivity index (χ0v) is 17.3. The maximum atomic E-state index is 12.9. The first-order valence-corrected chi connectivity index (χ1v) is 9.67. The first-order valence-electron chi connectivity index (χ1n) is 9.29. The van der Waals surface area contributed by atoms with E-state index in [2.05, 4.69) is 15.8 Å². The number of carbonyl (C=O) groups is 2. The van der Waals surface area contributed by atoms with E-state index in [0.717, 1.165) is 11.1 Å². The van der Waals surface area contributed by atoms with Crippen LogP contribution in [0.25, 0.3) is 0 Å². The Morgan fingerprint density at radius 2 is 1.58 bits per heavy atom. The number of nitrogens with zero attached hydrogens (tertiary/aromatic N) is 1. The summed E-state index contributed by atoms with van der Waals surface area (Å²) in [6, 6.07) is 19.6. The molecule has 0 bridgehead atoms. The number of halogens is 2. The van der Waals surface area contributed by atoms with E-state index in [9.17, 15) is 14.0 Å². The Kier molecular flexibility index (Phi) is 7.35. The highest BCUT2D eigenvalue weighted by molar-refractivity contribution is 6.39. The van der Waals surface area contributed by atoms with Gasteiger partial charge in [0.05, 0.1) is 5.71 Å². The van der Waals surface area contributed by atoms with Crippen molar-refractivity contribution >= 4 is 34.8 Å². The quantitative estimate of drug-likeness (QED) is 0.336. The second kappa shape index (κ2) is 10.4. The molecule has 31 heavy (non-hydrogen) atoms. The Balaban J connectivity index is 1.52. The Labute approximate surface area is 183 Å². The summed E-state index contributed by atoms with van der Waals surface area (Å²) in [7, 11) is 0. The van der Waals surface area contributed by atoms with Gasteiger partial charge >= 0.3 is 11.8 Å². The van der Waals surface area contributed by atoms with Crippen LogP contribution in [0.4, 0.5) is 10.1 Å². The van der Waals surface area contributed by atoms with Gasteiger partial charge in [-0.2, -0.15) is 5.10 Å². The first kappa shape index (κ1) is 22.0. The number of hydrogen-bond donors (Lipinski definition) is 2. The largest absolute Gasteiger partial charge is 0.489 e. The molecule has 158 valence electrons. The second-order valence-corrected chi connectivity index (χ2v) is 6.98. The summed E-state index contributed by atoms with van der Waals surface area (Å²) in [5.74, 6) is -1.61. The van der Waals surface area contributed by atoms with Crippen molar-refractivity contribution in [2.75, 3.05) is 5.32 Å². The summed E-state index contributed by atoms with van der Waals surface area (Å²) in [4.78, 5) is 23.8. The minimum Gasteiger partial charge on any atom is -0.489 e. The monoisotopic (exact) mass is 439 g/mol. The van der Waals surface area contributed by atoms with Gasteiger partial charge in [-0.05, 0) is 78.7 Å². The maximum Gasteiger partial charge on any atom is 0.329 e. The molecular formula is C23H19ClFN3O3. The molecule has 0 unspecified atom stereocenters. The van der Waals surface area contributed by atoms with Gasteiger partial charge in [0.25, 0.3) is 0 Å². The highest BCUT2D eigenvalue weighted by Crippen LogP contribution is 2.16. The van der Waals surface area contributed by atoms with Crippen molar-refractivity contribution in [2.24, 2.45) is 5.10 Å². The maximum absolute atomic E-state index is 12.9. The standard InChI is InChI=1S/C23H19ClFN3O3/c1-15(27-28-23(30)22(29)26-20-10-8-19(25)9-11-20)17-4-12-21(13-5-17)31-14-16-2-6-18(24)7-3-16/h2-13H,14H2,1H3,(H,26,29)(H,28,30)/b27-15+. The van der Waals surface area contributed by atoms with E-state index >= 15 is 0 Å². The molecule has 0 radical (unpaired) electrons. The molecule has 3 aromatic rings. The highest BCUT2D eigenvalue weighted by Gasteiger charge is 2.13. The van der Waals surface area contributed by atoms with E-state index < -0.39 is 17.6 Å². The smallest absolute Gasteiger partial charge is 0.329 e. The molecule has 0 aliphatic heterocycles. The number of ether oxygens (including phenoxy) is 1. The molecule has 0 aliphatic carbocycles. The lowest BCUT2D eigenvalue weighted by Crippen LogP contribution is -2.32. The molecule has 3 rings (SSSR count). The van der Waals surface area contributed by atoms with Crippen LogP contribution in [0.3, 0.4) is 0 Å². The highest BCUT2D eigenvalue weighted by atomic mass is 35.5. The Morgan fingerprint density at radius 1 is 0.935 bits per heavy atom. The normalized spacial score (nSPS) is 11.0. The van der Waals surface area contributed by atoms with Crippen LogP contribution < -0.4 is 15.5 Å². The van der Waals surface area contributed by atoms with Crippen LogP contribution in [0.5, 0.6) is 5.75 Å². The minimum atomic E-state index is -0.938. The third kappa shape index (κ3) is 6.65. The minimum absolute atomic E-state index is 0.302. The molecule has 0 saturated heterocycles. The zero-order chi connectivity index (χ0) is 22.2. The number of benzene rings is 3. The van der Waals surface area contributed by atoms with Crippen LogP contribution in [0.15, 0.2) is 77.9 Å². The number of carbonyl (C=O) groups excluding carboxylic acids is 2. The van der Waals surface area contributed by atoms with Gasteiger partial charge < -0.3 is 10.1 Å². The predicted molar refractivity (Wildman–Crippen MR) is 118 cm³/mol. The number of hydrazone groups is 1. The molecule has 0 saturated carbocycles. The van der Waals surface area contributed by atoms with Crippen LogP contribution in [0.2, 0.25) is 5.02 Å². The Bertz CT molecular complexity index is 1080. The van der Waals surface area contributed by atoms with E-state index in [1.54, 1.807) is 43.3 Å². The van der Waals surface area contributed by atoms with Crippen LogP contribution in [0.1, 0.15) is 18.1 Å². The van der Waals surface area contributed by atoms with Gasteiger partial charge in [-0.25, -0.2) is 9.82 Å². The molecule has 2 N–H and O–H groups in total. The van der Waals surface area contributed by atoms with Gasteiger partial charge in [0.15, 0.2) is 0 Å². The van der Waals surface area contributed by atoms with Crippen LogP contribution in [-0.2, 0) is 16.2 Å². The van der Waals surface area contributed by atoms with Gasteiger partial charge in [-0.3, -0.25) is 9.59 Å². The fourth-order valence-electron chi connectivity index (χ4n) is 2.51. The van der Waals surface area contributed by atoms with Crippen molar-refractivity contribution in [3.8, 4) is 5.75 Å². The van der Waals surface area contributed by atoms with Gasteiger partial charge in [0.2, 0.25) is 0 Å². The molecule has 0 spiro atoms. The van der Waals surface area contributed by atoms with Crippen molar-refractivity contribution in [1.82, 2.24) is 5.43 Å². The van der Waals surface area contributed by atoms with E-state index in [1.165, 1.54) is 24.3 Å². The van der Waals surface area contributed by atoms with Crippen molar-refractivity contribution in [2.45, 2.75) is 13.5 Å². The third-order valence-corrected chi connectivity index (χ3v) is 4.48. The summed E-state index contributed by atoms with van der Waals surface area (Å²) in [5.41, 5.74) is 4.75. The molecule has 0 atom stereocenters. The molecule has 0 aliphatic rings. The van der Waals surface area contributed by atoms with Crippen molar-refractivity contribution < 1.29 is 18.7 Å². The average Bonchev–Trinajstić information content (AvgIpc) is 2.78. The average molecular weight is 440 g/mol. The van der Waals surface area contributed by atoms with Crippen molar-refractivity contribution in [3.05, 3.63) is 94.8 Å². The summed E-state index contributed by atoms with van der Waals surface area (Å²) in [5, 5.41) is 6.97. The van der Waals surface area contributed by atoms with E-state index in [0.29, 0.717) is 28.8 Å². The van der Waals surface area contributed by atoms with E-state index in [-0.39, 0.29) is 0 Å². The summed E-state index contributed by atoms with van der Waals surface area (Å²) < 4.78 is 18.6. The fourth-order valence-corrected chi connectivity index (χ4v) is 2.64. The SMILES string of the molecule is C/C(=N\NC(=O)C(=O)Nc1ccc(F)cc1)c1ccc(OCc2ccc(Cl)cc2)cc1. The van der Waals surface area contributed by atoms with Gasteiger partial charge in [-0.15, -0.1) is 0 Å². The van der Waals surface area contributed by atoms with E-state index in [4.69, 9.17) is 16.3 Å². The lowest BCUT2D eigenvalue weighted by atomic mass is 10.1. The predicted octanol–water partition coefficient (Wildman–Crippen LogP) is 4.54. The summed E-state index contributed by atoms with van der Waals surface area (Å²) >= 11 is 5.87. The molecular weight excluding hydrogens is 421 g/mol. The van der Waals surface area contributed by atoms with Crippen LogP contribution in [0, 0.1) is 5.82 Å². The molecule has 3 aromatic carbocycles. The van der Waals surface area contributed by atoms with Crippen LogP contribution >= 0.6 is 11.6 Å². The van der Waals surface area contributed by atoms with Crippen LogP contribution in [-0.4, -0.2) is 17.5 Å². The fraction of sp³-hybridized carbons (Fsp3) is 0.0870. The molecule has 6 nitrogen and oxygen atoms in total. The first-order chi connectivity index (χ1) is 14.9. The lowest BCUT2D eigenvalue weighted by molar-refractivity contribution is -0.136. The second-order valence-electron chi connectivity index (χ2n) is 6.54. The lowest BCUT2D eigenvalue weighted by Gasteiger charge is -2.08. The molecule has 0 aromatic heterocycles. The summed E-state index contributed by atoms with van der Waals surface area (Å²) in [6.07, 6.45) is 0. The molecule has 2 amide bonds. The Morgan fingerprint density at radius 3 is 2.23 bits per heavy atom. The number of rotatable bonds is 6. The molecule has 8 heteroatoms. The van der Waals surface area contributed by atoms with Gasteiger partial charge in [0.1, 0.15) is 18.2 Å². The molecule has 0 fully saturated rings. The number of anilines is 1. The number of nitrogens with one attached hydrogen (secondary N) is 2. The topological polar surface area (TPSA) is 79.8 Å². The zero-order valence-electron chi connectivity index (χ0n) is 16.6.